The van der Waals surface area contributed by atoms with Gasteiger partial charge in [0.25, 0.3) is 0 Å². The van der Waals surface area contributed by atoms with Crippen LogP contribution in [-0.4, -0.2) is 13.2 Å². The normalized spacial score (nSPS) is 10.2. The Morgan fingerprint density at radius 2 is 0.857 bits per heavy atom. The van der Waals surface area contributed by atoms with Gasteiger partial charge in [-0.05, 0) is 13.3 Å². The average Bonchev–Trinajstić information content (AvgIpc) is 2.53. The predicted molar refractivity (Wildman–Crippen MR) is 98.1 cm³/mol. The molecule has 0 aromatic carbocycles. The molecule has 21 heavy (non-hydrogen) atoms. The highest BCUT2D eigenvalue weighted by atomic mass is 16.5. The second-order valence-electron chi connectivity index (χ2n) is 5.79. The molecule has 128 valence electrons. The van der Waals surface area contributed by atoms with Crippen LogP contribution in [0.3, 0.4) is 0 Å². The summed E-state index contributed by atoms with van der Waals surface area (Å²) in [6.07, 6.45) is 20.0. The summed E-state index contributed by atoms with van der Waals surface area (Å²) in [7, 11) is 0. The summed E-state index contributed by atoms with van der Waals surface area (Å²) in [5, 5.41) is 0. The van der Waals surface area contributed by atoms with E-state index in [0.717, 1.165) is 13.2 Å². The van der Waals surface area contributed by atoms with Gasteiger partial charge in [0, 0.05) is 13.2 Å². The summed E-state index contributed by atoms with van der Waals surface area (Å²) >= 11 is 0. The number of unbranched alkanes of at least 4 members (excludes halogenated alkanes) is 13. The zero-order chi connectivity index (χ0) is 16.0. The third kappa shape index (κ3) is 25.0. The lowest BCUT2D eigenvalue weighted by Gasteiger charge is -2.03. The van der Waals surface area contributed by atoms with Crippen molar-refractivity contribution < 1.29 is 4.74 Å². The maximum atomic E-state index is 5.34. The highest BCUT2D eigenvalue weighted by Crippen LogP contribution is 2.12. The van der Waals surface area contributed by atoms with Crippen LogP contribution in [0.5, 0.6) is 0 Å². The monoisotopic (exact) mass is 298 g/mol. The molecule has 0 atom stereocenters. The Hall–Kier alpha value is -0.300. The van der Waals surface area contributed by atoms with Gasteiger partial charge in [-0.3, -0.25) is 0 Å². The van der Waals surface area contributed by atoms with Crippen LogP contribution in [0.15, 0.2) is 13.2 Å². The highest BCUT2D eigenvalue weighted by molar-refractivity contribution is 4.49. The van der Waals surface area contributed by atoms with Crippen molar-refractivity contribution in [3.63, 3.8) is 0 Å². The van der Waals surface area contributed by atoms with Crippen LogP contribution in [0.25, 0.3) is 0 Å². The molecule has 0 bridgehead atoms. The van der Waals surface area contributed by atoms with E-state index >= 15 is 0 Å². The summed E-state index contributed by atoms with van der Waals surface area (Å²) in [5.74, 6) is 0. The minimum absolute atomic E-state index is 0.873. The van der Waals surface area contributed by atoms with Crippen LogP contribution in [-0.2, 0) is 4.74 Å². The minimum atomic E-state index is 0.873. The first-order chi connectivity index (χ1) is 10.4. The van der Waals surface area contributed by atoms with E-state index in [2.05, 4.69) is 27.0 Å². The van der Waals surface area contributed by atoms with Crippen molar-refractivity contribution in [1.82, 2.24) is 0 Å². The van der Waals surface area contributed by atoms with Crippen molar-refractivity contribution >= 4 is 0 Å². The zero-order valence-electron chi connectivity index (χ0n) is 15.1. The maximum Gasteiger partial charge on any atom is 0.0465 e. The standard InChI is InChI=1S/C18H38O.C2H4/c1-3-5-6-7-8-9-10-11-12-13-14-15-16-17-18-19-4-2;1-2/h3-18H2,1-2H3;1-2H2. The molecule has 0 N–H and O–H groups in total. The van der Waals surface area contributed by atoms with Crippen molar-refractivity contribution in [2.24, 2.45) is 0 Å². The highest BCUT2D eigenvalue weighted by Gasteiger charge is 1.94. The number of rotatable bonds is 16. The zero-order valence-corrected chi connectivity index (χ0v) is 15.1. The van der Waals surface area contributed by atoms with Gasteiger partial charge in [0.15, 0.2) is 0 Å². The molecule has 0 aromatic heterocycles. The molecule has 0 radical (unpaired) electrons. The first-order valence-corrected chi connectivity index (χ1v) is 9.49. The van der Waals surface area contributed by atoms with Crippen molar-refractivity contribution in [3.05, 3.63) is 13.2 Å². The van der Waals surface area contributed by atoms with Gasteiger partial charge in [-0.15, -0.1) is 13.2 Å². The summed E-state index contributed by atoms with van der Waals surface area (Å²) < 4.78 is 5.34. The van der Waals surface area contributed by atoms with Crippen LogP contribution in [0.4, 0.5) is 0 Å². The van der Waals surface area contributed by atoms with Crippen molar-refractivity contribution in [2.75, 3.05) is 13.2 Å². The van der Waals surface area contributed by atoms with Gasteiger partial charge in [0.2, 0.25) is 0 Å². The van der Waals surface area contributed by atoms with Crippen molar-refractivity contribution in [3.8, 4) is 0 Å². The molecule has 0 fully saturated rings. The maximum absolute atomic E-state index is 5.34. The number of hydrogen-bond donors (Lipinski definition) is 0. The molecule has 0 aromatic rings. The quantitative estimate of drug-likeness (QED) is 0.214. The van der Waals surface area contributed by atoms with Gasteiger partial charge in [-0.25, -0.2) is 0 Å². The lowest BCUT2D eigenvalue weighted by molar-refractivity contribution is 0.143. The molecule has 0 amide bonds. The van der Waals surface area contributed by atoms with Gasteiger partial charge in [-0.2, -0.15) is 0 Å². The predicted octanol–water partition coefficient (Wildman–Crippen LogP) is 7.31. The van der Waals surface area contributed by atoms with Crippen molar-refractivity contribution in [2.45, 2.75) is 104 Å². The third-order valence-corrected chi connectivity index (χ3v) is 3.85. The lowest BCUT2D eigenvalue weighted by atomic mass is 10.0. The van der Waals surface area contributed by atoms with Crippen LogP contribution in [0.2, 0.25) is 0 Å². The summed E-state index contributed by atoms with van der Waals surface area (Å²) in [5.41, 5.74) is 0. The van der Waals surface area contributed by atoms with Crippen LogP contribution >= 0.6 is 0 Å². The molecule has 0 unspecified atom stereocenters. The molecule has 0 aliphatic carbocycles. The van der Waals surface area contributed by atoms with E-state index in [4.69, 9.17) is 4.74 Å². The molecule has 0 heterocycles. The van der Waals surface area contributed by atoms with E-state index in [1.807, 2.05) is 0 Å². The van der Waals surface area contributed by atoms with Gasteiger partial charge < -0.3 is 4.74 Å². The van der Waals surface area contributed by atoms with E-state index in [0.29, 0.717) is 0 Å². The Bertz CT molecular complexity index is 140. The fraction of sp³-hybridized carbons (Fsp3) is 0.900. The first-order valence-electron chi connectivity index (χ1n) is 9.49. The Labute approximate surface area is 135 Å². The van der Waals surface area contributed by atoms with Gasteiger partial charge in [0.1, 0.15) is 0 Å². The van der Waals surface area contributed by atoms with Crippen LogP contribution < -0.4 is 0 Å². The first kappa shape index (κ1) is 23.0. The Morgan fingerprint density at radius 3 is 1.19 bits per heavy atom. The smallest absolute Gasteiger partial charge is 0.0465 e. The Kier molecular flexibility index (Phi) is 27.0. The Morgan fingerprint density at radius 1 is 0.524 bits per heavy atom. The average molecular weight is 299 g/mol. The van der Waals surface area contributed by atoms with Crippen LogP contribution in [0.1, 0.15) is 104 Å². The van der Waals surface area contributed by atoms with Gasteiger partial charge >= 0.3 is 0 Å². The summed E-state index contributed by atoms with van der Waals surface area (Å²) in [6.45, 7) is 12.2. The Balaban J connectivity index is 0. The fourth-order valence-corrected chi connectivity index (χ4v) is 2.54. The van der Waals surface area contributed by atoms with Gasteiger partial charge in [0.05, 0.1) is 0 Å². The van der Waals surface area contributed by atoms with Crippen molar-refractivity contribution in [1.29, 1.82) is 0 Å². The largest absolute Gasteiger partial charge is 0.382 e. The van der Waals surface area contributed by atoms with E-state index < -0.39 is 0 Å². The topological polar surface area (TPSA) is 9.23 Å². The summed E-state index contributed by atoms with van der Waals surface area (Å²) in [6, 6.07) is 0. The molecule has 0 rings (SSSR count). The SMILES string of the molecule is C=C.CCCCCCCCCCCCCCCCOCC. The molecule has 0 saturated carbocycles. The van der Waals surface area contributed by atoms with E-state index in [1.165, 1.54) is 89.9 Å². The van der Waals surface area contributed by atoms with E-state index in [1.54, 1.807) is 0 Å². The van der Waals surface area contributed by atoms with Gasteiger partial charge in [-0.1, -0.05) is 90.4 Å². The molecule has 1 heteroatoms. The molecule has 0 aliphatic heterocycles. The number of hydrogen-bond acceptors (Lipinski definition) is 1. The fourth-order valence-electron chi connectivity index (χ4n) is 2.54. The molecular weight excluding hydrogens is 256 g/mol. The van der Waals surface area contributed by atoms with E-state index in [9.17, 15) is 0 Å². The molecular formula is C20H42O. The molecule has 0 aliphatic rings. The lowest BCUT2D eigenvalue weighted by Crippen LogP contribution is -1.92. The second kappa shape index (κ2) is 24.7. The molecule has 0 saturated heterocycles. The molecule has 1 nitrogen and oxygen atoms in total. The van der Waals surface area contributed by atoms with E-state index in [-0.39, 0.29) is 0 Å². The second-order valence-corrected chi connectivity index (χ2v) is 5.79. The minimum Gasteiger partial charge on any atom is -0.382 e. The van der Waals surface area contributed by atoms with Crippen LogP contribution in [0, 0.1) is 0 Å². The number of ether oxygens (including phenoxy) is 1. The third-order valence-electron chi connectivity index (χ3n) is 3.85. The molecule has 0 spiro atoms. The summed E-state index contributed by atoms with van der Waals surface area (Å²) in [4.78, 5) is 0.